The Morgan fingerprint density at radius 2 is 1.89 bits per heavy atom. The van der Waals surface area contributed by atoms with Crippen LogP contribution >= 0.6 is 0 Å². The molecule has 0 spiro atoms. The van der Waals surface area contributed by atoms with E-state index in [9.17, 15) is 14.7 Å². The number of aromatic nitrogens is 4. The molecule has 0 aliphatic heterocycles. The maximum atomic E-state index is 12.9. The number of aromatic amines is 1. The Balaban J connectivity index is 1.86. The largest absolute Gasteiger partial charge is 0.508 e. The van der Waals surface area contributed by atoms with E-state index in [1.165, 1.54) is 17.4 Å². The first-order chi connectivity index (χ1) is 13.1. The van der Waals surface area contributed by atoms with E-state index >= 15 is 0 Å². The number of aromatic hydroxyl groups is 1. The summed E-state index contributed by atoms with van der Waals surface area (Å²) in [4.78, 5) is 32.3. The molecule has 8 nitrogen and oxygen atoms in total. The molecule has 0 atom stereocenters. The number of hydrogen-bond acceptors (Lipinski definition) is 5. The second kappa shape index (κ2) is 6.94. The molecule has 3 aromatic rings. The van der Waals surface area contributed by atoms with Crippen molar-refractivity contribution in [2.45, 2.75) is 51.7 Å². The summed E-state index contributed by atoms with van der Waals surface area (Å²) < 4.78 is 3.00. The third kappa shape index (κ3) is 3.22. The quantitative estimate of drug-likeness (QED) is 0.638. The maximum Gasteiger partial charge on any atom is 0.330 e. The molecule has 1 aromatic carbocycles. The Labute approximate surface area is 155 Å². The third-order valence-corrected chi connectivity index (χ3v) is 5.17. The maximum absolute atomic E-state index is 12.9. The van der Waals surface area contributed by atoms with Gasteiger partial charge in [-0.25, -0.2) is 4.79 Å². The van der Waals surface area contributed by atoms with E-state index in [0.717, 1.165) is 18.4 Å². The van der Waals surface area contributed by atoms with E-state index in [2.05, 4.69) is 15.3 Å². The molecule has 0 saturated heterocycles. The molecule has 1 saturated carbocycles. The average Bonchev–Trinajstić information content (AvgIpc) is 3.26. The van der Waals surface area contributed by atoms with Gasteiger partial charge in [0.25, 0.3) is 5.56 Å². The summed E-state index contributed by atoms with van der Waals surface area (Å²) in [5, 5.41) is 13.0. The number of rotatable bonds is 5. The van der Waals surface area contributed by atoms with Gasteiger partial charge in [-0.2, -0.15) is 4.98 Å². The number of nitrogens with zero attached hydrogens (tertiary/aromatic N) is 3. The molecule has 0 unspecified atom stereocenters. The molecule has 2 aromatic heterocycles. The van der Waals surface area contributed by atoms with Crippen molar-refractivity contribution in [3.8, 4) is 5.75 Å². The predicted octanol–water partition coefficient (Wildman–Crippen LogP) is 2.01. The van der Waals surface area contributed by atoms with E-state index in [0.29, 0.717) is 36.2 Å². The normalized spacial score (nSPS) is 14.9. The SMILES string of the molecule is CCn1c(=O)[nH]c2nc(NC3CCCC3)n(Cc3ccc(O)cc3)c2c1=O. The van der Waals surface area contributed by atoms with Crippen molar-refractivity contribution in [1.82, 2.24) is 19.1 Å². The van der Waals surface area contributed by atoms with Crippen molar-refractivity contribution in [1.29, 1.82) is 0 Å². The van der Waals surface area contributed by atoms with Crippen LogP contribution in [0.5, 0.6) is 5.75 Å². The fraction of sp³-hybridized carbons (Fsp3) is 0.421. The first-order valence-corrected chi connectivity index (χ1v) is 9.34. The summed E-state index contributed by atoms with van der Waals surface area (Å²) >= 11 is 0. The van der Waals surface area contributed by atoms with Gasteiger partial charge in [-0.05, 0) is 37.5 Å². The van der Waals surface area contributed by atoms with Crippen molar-refractivity contribution in [2.75, 3.05) is 5.32 Å². The lowest BCUT2D eigenvalue weighted by Gasteiger charge is -2.15. The molecule has 1 aliphatic carbocycles. The van der Waals surface area contributed by atoms with Gasteiger partial charge in [0.15, 0.2) is 11.2 Å². The lowest BCUT2D eigenvalue weighted by Crippen LogP contribution is -2.35. The van der Waals surface area contributed by atoms with Crippen LogP contribution in [0.3, 0.4) is 0 Å². The minimum atomic E-state index is -0.448. The van der Waals surface area contributed by atoms with Crippen molar-refractivity contribution >= 4 is 17.1 Å². The zero-order valence-corrected chi connectivity index (χ0v) is 15.2. The first kappa shape index (κ1) is 17.4. The topological polar surface area (TPSA) is 105 Å². The highest BCUT2D eigenvalue weighted by Gasteiger charge is 2.21. The van der Waals surface area contributed by atoms with Crippen LogP contribution in [-0.2, 0) is 13.1 Å². The Kier molecular flexibility index (Phi) is 4.47. The van der Waals surface area contributed by atoms with Gasteiger partial charge in [-0.3, -0.25) is 18.9 Å². The first-order valence-electron chi connectivity index (χ1n) is 9.34. The molecule has 4 rings (SSSR count). The van der Waals surface area contributed by atoms with Crippen LogP contribution in [0.1, 0.15) is 38.2 Å². The molecule has 8 heteroatoms. The zero-order chi connectivity index (χ0) is 19.0. The highest BCUT2D eigenvalue weighted by Crippen LogP contribution is 2.24. The van der Waals surface area contributed by atoms with Crippen molar-refractivity contribution in [2.24, 2.45) is 0 Å². The molecule has 0 amide bonds. The molecule has 27 heavy (non-hydrogen) atoms. The molecular formula is C19H23N5O3. The van der Waals surface area contributed by atoms with Crippen molar-refractivity contribution in [3.63, 3.8) is 0 Å². The summed E-state index contributed by atoms with van der Waals surface area (Å²) in [6, 6.07) is 7.17. The van der Waals surface area contributed by atoms with Gasteiger partial charge >= 0.3 is 5.69 Å². The van der Waals surface area contributed by atoms with Gasteiger partial charge in [-0.15, -0.1) is 0 Å². The molecule has 3 N–H and O–H groups in total. The Morgan fingerprint density at radius 1 is 1.19 bits per heavy atom. The van der Waals surface area contributed by atoms with E-state index in [-0.39, 0.29) is 11.3 Å². The molecule has 1 aliphatic rings. The average molecular weight is 369 g/mol. The van der Waals surface area contributed by atoms with Gasteiger partial charge in [0, 0.05) is 12.6 Å². The molecule has 142 valence electrons. The summed E-state index contributed by atoms with van der Waals surface area (Å²) in [5.74, 6) is 0.780. The van der Waals surface area contributed by atoms with E-state index in [1.807, 2.05) is 16.7 Å². The Morgan fingerprint density at radius 3 is 2.56 bits per heavy atom. The summed E-state index contributed by atoms with van der Waals surface area (Å²) in [7, 11) is 0. The standard InChI is InChI=1S/C19H23N5O3/c1-2-23-17(26)15-16(22-19(23)27)21-18(20-13-5-3-4-6-13)24(15)11-12-7-9-14(25)10-8-12/h7-10,13,25H,2-6,11H2,1H3,(H,20,21)(H,22,27). The number of anilines is 1. The smallest absolute Gasteiger partial charge is 0.330 e. The van der Waals surface area contributed by atoms with E-state index in [1.54, 1.807) is 19.1 Å². The van der Waals surface area contributed by atoms with Crippen LogP contribution in [0, 0.1) is 0 Å². The van der Waals surface area contributed by atoms with Gasteiger partial charge < -0.3 is 10.4 Å². The van der Waals surface area contributed by atoms with Crippen LogP contribution in [0.15, 0.2) is 33.9 Å². The minimum absolute atomic E-state index is 0.191. The van der Waals surface area contributed by atoms with Crippen molar-refractivity contribution < 1.29 is 5.11 Å². The third-order valence-electron chi connectivity index (χ3n) is 5.17. The highest BCUT2D eigenvalue weighted by molar-refractivity contribution is 5.73. The molecule has 0 bridgehead atoms. The number of nitrogens with one attached hydrogen (secondary N) is 2. The lowest BCUT2D eigenvalue weighted by atomic mass is 10.2. The van der Waals surface area contributed by atoms with E-state index < -0.39 is 5.69 Å². The zero-order valence-electron chi connectivity index (χ0n) is 15.2. The summed E-state index contributed by atoms with van der Waals surface area (Å²) in [6.45, 7) is 2.47. The van der Waals surface area contributed by atoms with Gasteiger partial charge in [-0.1, -0.05) is 25.0 Å². The van der Waals surface area contributed by atoms with Crippen LogP contribution in [0.25, 0.3) is 11.2 Å². The Hall–Kier alpha value is -3.03. The summed E-state index contributed by atoms with van der Waals surface area (Å²) in [6.07, 6.45) is 4.49. The number of fused-ring (bicyclic) bond motifs is 1. The van der Waals surface area contributed by atoms with Crippen molar-refractivity contribution in [3.05, 3.63) is 50.7 Å². The molecule has 0 radical (unpaired) electrons. The van der Waals surface area contributed by atoms with Crippen LogP contribution in [0.4, 0.5) is 5.95 Å². The second-order valence-corrected chi connectivity index (χ2v) is 6.99. The molecule has 1 fully saturated rings. The lowest BCUT2D eigenvalue weighted by molar-refractivity contribution is 0.475. The summed E-state index contributed by atoms with van der Waals surface area (Å²) in [5.41, 5.74) is 0.813. The molecule has 2 heterocycles. The number of phenolic OH excluding ortho intramolecular Hbond substituents is 1. The highest BCUT2D eigenvalue weighted by atomic mass is 16.3. The number of phenols is 1. The van der Waals surface area contributed by atoms with E-state index in [4.69, 9.17) is 0 Å². The van der Waals surface area contributed by atoms with Gasteiger partial charge in [0.2, 0.25) is 5.95 Å². The number of hydrogen-bond donors (Lipinski definition) is 3. The predicted molar refractivity (Wildman–Crippen MR) is 103 cm³/mol. The van der Waals surface area contributed by atoms with Gasteiger partial charge in [0.05, 0.1) is 6.54 Å². The fourth-order valence-electron chi connectivity index (χ4n) is 3.73. The Bertz CT molecular complexity index is 1070. The monoisotopic (exact) mass is 369 g/mol. The molecular weight excluding hydrogens is 346 g/mol. The second-order valence-electron chi connectivity index (χ2n) is 6.99. The van der Waals surface area contributed by atoms with Crippen LogP contribution < -0.4 is 16.6 Å². The number of imidazole rings is 1. The number of H-pyrrole nitrogens is 1. The minimum Gasteiger partial charge on any atom is -0.508 e. The fourth-order valence-corrected chi connectivity index (χ4v) is 3.73. The number of benzene rings is 1. The van der Waals surface area contributed by atoms with Crippen LogP contribution in [0.2, 0.25) is 0 Å². The van der Waals surface area contributed by atoms with Gasteiger partial charge in [0.1, 0.15) is 5.75 Å². The van der Waals surface area contributed by atoms with Crippen LogP contribution in [-0.4, -0.2) is 30.3 Å².